The van der Waals surface area contributed by atoms with Gasteiger partial charge in [0.05, 0.1) is 10.7 Å². The quantitative estimate of drug-likeness (QED) is 0.920. The predicted molar refractivity (Wildman–Crippen MR) is 83.7 cm³/mol. The third-order valence-electron chi connectivity index (χ3n) is 4.46. The van der Waals surface area contributed by atoms with E-state index < -0.39 is 0 Å². The Labute approximate surface area is 129 Å². The van der Waals surface area contributed by atoms with Crippen molar-refractivity contribution in [3.8, 4) is 0 Å². The van der Waals surface area contributed by atoms with Crippen molar-refractivity contribution in [1.29, 1.82) is 0 Å². The van der Waals surface area contributed by atoms with Crippen LogP contribution >= 0.6 is 11.6 Å². The van der Waals surface area contributed by atoms with E-state index >= 15 is 0 Å². The van der Waals surface area contributed by atoms with Gasteiger partial charge in [0, 0.05) is 64.2 Å². The van der Waals surface area contributed by atoms with Gasteiger partial charge in [0.2, 0.25) is 0 Å². The van der Waals surface area contributed by atoms with Crippen LogP contribution in [0.3, 0.4) is 0 Å². The fourth-order valence-corrected chi connectivity index (χ4v) is 3.44. The van der Waals surface area contributed by atoms with Crippen molar-refractivity contribution in [2.45, 2.75) is 12.6 Å². The first-order chi connectivity index (χ1) is 10.3. The van der Waals surface area contributed by atoms with E-state index in [1.807, 2.05) is 22.7 Å². The van der Waals surface area contributed by atoms with Crippen LogP contribution in [0.15, 0.2) is 24.5 Å². The van der Waals surface area contributed by atoms with Gasteiger partial charge in [0.25, 0.3) is 0 Å². The smallest absolute Gasteiger partial charge is 0.137 e. The van der Waals surface area contributed by atoms with Crippen molar-refractivity contribution in [2.75, 3.05) is 39.3 Å². The average molecular weight is 306 g/mol. The molecular formula is C15H20ClN5. The number of nitrogens with one attached hydrogen (secondary N) is 1. The van der Waals surface area contributed by atoms with Crippen molar-refractivity contribution >= 4 is 17.2 Å². The molecule has 6 heteroatoms. The highest BCUT2D eigenvalue weighted by Gasteiger charge is 2.32. The zero-order valence-electron chi connectivity index (χ0n) is 12.0. The second-order valence-electron chi connectivity index (χ2n) is 5.98. The predicted octanol–water partition coefficient (Wildman–Crippen LogP) is 1.08. The fraction of sp³-hybridized carbons (Fsp3) is 0.533. The average Bonchev–Trinajstić information content (AvgIpc) is 2.85. The summed E-state index contributed by atoms with van der Waals surface area (Å²) in [7, 11) is 0. The first-order valence-electron chi connectivity index (χ1n) is 7.58. The normalized spacial score (nSPS) is 21.8. The lowest BCUT2D eigenvalue weighted by Crippen LogP contribution is -2.62. The molecule has 0 aromatic carbocycles. The molecule has 5 nitrogen and oxygen atoms in total. The van der Waals surface area contributed by atoms with Crippen molar-refractivity contribution in [1.82, 2.24) is 24.5 Å². The summed E-state index contributed by atoms with van der Waals surface area (Å²) in [5.41, 5.74) is 2.09. The number of aromatic nitrogens is 2. The molecule has 4 heterocycles. The van der Waals surface area contributed by atoms with Gasteiger partial charge in [-0.15, -0.1) is 0 Å². The summed E-state index contributed by atoms with van der Waals surface area (Å²) in [5.74, 6) is 0. The summed E-state index contributed by atoms with van der Waals surface area (Å²) < 4.78 is 2.01. The molecule has 112 valence electrons. The van der Waals surface area contributed by atoms with Crippen LogP contribution < -0.4 is 5.32 Å². The molecule has 2 fully saturated rings. The van der Waals surface area contributed by atoms with Gasteiger partial charge in [-0.3, -0.25) is 9.80 Å². The van der Waals surface area contributed by atoms with Crippen LogP contribution in [0.5, 0.6) is 0 Å². The highest BCUT2D eigenvalue weighted by atomic mass is 35.5. The first kappa shape index (κ1) is 13.5. The van der Waals surface area contributed by atoms with Crippen molar-refractivity contribution in [2.24, 2.45) is 0 Å². The number of pyridine rings is 1. The number of halogens is 1. The molecule has 0 amide bonds. The van der Waals surface area contributed by atoms with Gasteiger partial charge in [0.1, 0.15) is 5.65 Å². The minimum absolute atomic E-state index is 0.735. The molecule has 0 saturated carbocycles. The maximum atomic E-state index is 6.01. The third kappa shape index (κ3) is 2.79. The van der Waals surface area contributed by atoms with E-state index in [0.717, 1.165) is 55.1 Å². The second-order valence-corrected chi connectivity index (χ2v) is 6.42. The summed E-state index contributed by atoms with van der Waals surface area (Å²) in [5, 5.41) is 4.15. The minimum Gasteiger partial charge on any atom is -0.314 e. The van der Waals surface area contributed by atoms with Crippen LogP contribution in [0.1, 0.15) is 5.69 Å². The van der Waals surface area contributed by atoms with Crippen LogP contribution in [0, 0.1) is 0 Å². The molecular weight excluding hydrogens is 286 g/mol. The summed E-state index contributed by atoms with van der Waals surface area (Å²) in [6.07, 6.45) is 3.99. The van der Waals surface area contributed by atoms with Gasteiger partial charge in [-0.2, -0.15) is 0 Å². The summed E-state index contributed by atoms with van der Waals surface area (Å²) in [4.78, 5) is 9.73. The van der Waals surface area contributed by atoms with Crippen molar-refractivity contribution < 1.29 is 0 Å². The first-order valence-corrected chi connectivity index (χ1v) is 7.96. The Morgan fingerprint density at radius 1 is 1.19 bits per heavy atom. The van der Waals surface area contributed by atoms with Crippen molar-refractivity contribution in [3.63, 3.8) is 0 Å². The number of hydrogen-bond donors (Lipinski definition) is 1. The van der Waals surface area contributed by atoms with Crippen LogP contribution in [0.25, 0.3) is 5.65 Å². The molecule has 4 rings (SSSR count). The Morgan fingerprint density at radius 3 is 2.81 bits per heavy atom. The van der Waals surface area contributed by atoms with Crippen molar-refractivity contribution in [3.05, 3.63) is 35.2 Å². The van der Waals surface area contributed by atoms with E-state index in [0.29, 0.717) is 0 Å². The Hall–Kier alpha value is -1.14. The van der Waals surface area contributed by atoms with Crippen LogP contribution in [-0.2, 0) is 6.54 Å². The topological polar surface area (TPSA) is 35.8 Å². The molecule has 0 radical (unpaired) electrons. The van der Waals surface area contributed by atoms with Gasteiger partial charge >= 0.3 is 0 Å². The maximum Gasteiger partial charge on any atom is 0.137 e. The number of piperazine rings is 1. The molecule has 21 heavy (non-hydrogen) atoms. The molecule has 0 unspecified atom stereocenters. The molecule has 2 saturated heterocycles. The Morgan fingerprint density at radius 2 is 2.00 bits per heavy atom. The number of nitrogens with zero attached hydrogens (tertiary/aromatic N) is 4. The van der Waals surface area contributed by atoms with E-state index in [1.165, 1.54) is 13.1 Å². The van der Waals surface area contributed by atoms with E-state index in [9.17, 15) is 0 Å². The van der Waals surface area contributed by atoms with Gasteiger partial charge in [-0.1, -0.05) is 11.6 Å². The van der Waals surface area contributed by atoms with E-state index in [1.54, 1.807) is 0 Å². The number of imidazole rings is 1. The largest absolute Gasteiger partial charge is 0.314 e. The zero-order chi connectivity index (χ0) is 14.2. The molecule has 2 aromatic rings. The Kier molecular flexibility index (Phi) is 3.59. The minimum atomic E-state index is 0.735. The number of hydrogen-bond acceptors (Lipinski definition) is 4. The second kappa shape index (κ2) is 5.57. The highest BCUT2D eigenvalue weighted by molar-refractivity contribution is 6.30. The van der Waals surface area contributed by atoms with Gasteiger partial charge in [-0.05, 0) is 12.1 Å². The molecule has 2 aliphatic rings. The molecule has 2 aromatic heterocycles. The van der Waals surface area contributed by atoms with Crippen LogP contribution in [0.2, 0.25) is 5.02 Å². The fourth-order valence-electron chi connectivity index (χ4n) is 3.27. The van der Waals surface area contributed by atoms with Gasteiger partial charge in [-0.25, -0.2) is 4.98 Å². The molecule has 0 spiro atoms. The number of fused-ring (bicyclic) bond motifs is 1. The molecule has 2 aliphatic heterocycles. The summed E-state index contributed by atoms with van der Waals surface area (Å²) in [6.45, 7) is 7.88. The molecule has 0 atom stereocenters. The van der Waals surface area contributed by atoms with E-state index in [2.05, 4.69) is 26.3 Å². The Bertz CT molecular complexity index is 628. The summed E-state index contributed by atoms with van der Waals surface area (Å²) in [6, 6.07) is 4.59. The SMILES string of the molecule is Clc1ccc2nc(CN3CC(N4CCNCC4)C3)cn2c1. The lowest BCUT2D eigenvalue weighted by Gasteiger charge is -2.46. The lowest BCUT2D eigenvalue weighted by atomic mass is 10.1. The number of likely N-dealkylation sites (tertiary alicyclic amines) is 1. The molecule has 0 aliphatic carbocycles. The molecule has 1 N–H and O–H groups in total. The van der Waals surface area contributed by atoms with E-state index in [-0.39, 0.29) is 0 Å². The third-order valence-corrected chi connectivity index (χ3v) is 4.68. The highest BCUT2D eigenvalue weighted by Crippen LogP contribution is 2.19. The summed E-state index contributed by atoms with van der Waals surface area (Å²) >= 11 is 6.01. The molecule has 0 bridgehead atoms. The van der Waals surface area contributed by atoms with Gasteiger partial charge < -0.3 is 9.72 Å². The monoisotopic (exact) mass is 305 g/mol. The van der Waals surface area contributed by atoms with Crippen LogP contribution in [0.4, 0.5) is 0 Å². The Balaban J connectivity index is 1.36. The lowest BCUT2D eigenvalue weighted by molar-refractivity contribution is 0.0217. The standard InChI is InChI=1S/C15H20ClN5/c16-12-1-2-15-18-13(9-21(15)7-12)8-19-10-14(11-19)20-5-3-17-4-6-20/h1-2,7,9,14,17H,3-6,8,10-11H2. The van der Waals surface area contributed by atoms with Gasteiger partial charge in [0.15, 0.2) is 0 Å². The zero-order valence-corrected chi connectivity index (χ0v) is 12.8. The number of rotatable bonds is 3. The van der Waals surface area contributed by atoms with Crippen LogP contribution in [-0.4, -0.2) is 64.5 Å². The maximum absolute atomic E-state index is 6.01. The van der Waals surface area contributed by atoms with E-state index in [4.69, 9.17) is 11.6 Å².